The zero-order valence-corrected chi connectivity index (χ0v) is 22.5. The van der Waals surface area contributed by atoms with Crippen molar-refractivity contribution in [1.29, 1.82) is 0 Å². The van der Waals surface area contributed by atoms with Gasteiger partial charge in [-0.1, -0.05) is 31.7 Å². The summed E-state index contributed by atoms with van der Waals surface area (Å²) in [6, 6.07) is 7.27. The van der Waals surface area contributed by atoms with Crippen LogP contribution in [0.15, 0.2) is 35.0 Å². The van der Waals surface area contributed by atoms with Crippen molar-refractivity contribution in [3.63, 3.8) is 0 Å². The maximum Gasteiger partial charge on any atom is 0.269 e. The summed E-state index contributed by atoms with van der Waals surface area (Å²) in [5.41, 5.74) is 7.54. The van der Waals surface area contributed by atoms with Crippen LogP contribution in [-0.2, 0) is 9.59 Å². The lowest BCUT2D eigenvalue weighted by molar-refractivity contribution is -0.127. The molecule has 0 saturated carbocycles. The second-order valence-electron chi connectivity index (χ2n) is 9.63. The quantitative estimate of drug-likeness (QED) is 0.248. The molecular weight excluding hydrogens is 476 g/mol. The number of likely N-dealkylation sites (tertiary alicyclic amines) is 1. The van der Waals surface area contributed by atoms with E-state index in [-0.39, 0.29) is 23.4 Å². The maximum atomic E-state index is 13.0. The summed E-state index contributed by atoms with van der Waals surface area (Å²) in [4.78, 5) is 42.0. The van der Waals surface area contributed by atoms with Crippen molar-refractivity contribution in [2.75, 3.05) is 51.1 Å². The highest BCUT2D eigenvalue weighted by Crippen LogP contribution is 2.36. The van der Waals surface area contributed by atoms with Gasteiger partial charge in [0.25, 0.3) is 11.8 Å². The highest BCUT2D eigenvalue weighted by molar-refractivity contribution is 8.04. The molecule has 2 heterocycles. The fourth-order valence-corrected chi connectivity index (χ4v) is 5.47. The van der Waals surface area contributed by atoms with E-state index in [1.165, 1.54) is 24.6 Å². The van der Waals surface area contributed by atoms with E-state index in [1.54, 1.807) is 17.0 Å². The van der Waals surface area contributed by atoms with Crippen LogP contribution in [0, 0.1) is 5.92 Å². The lowest BCUT2D eigenvalue weighted by atomic mass is 10.2. The predicted molar refractivity (Wildman–Crippen MR) is 145 cm³/mol. The third kappa shape index (κ3) is 7.64. The van der Waals surface area contributed by atoms with Gasteiger partial charge in [0.05, 0.1) is 0 Å². The molecule has 2 saturated heterocycles. The lowest BCUT2D eigenvalue weighted by Crippen LogP contribution is -2.36. The molecule has 1 aromatic carbocycles. The van der Waals surface area contributed by atoms with Crippen molar-refractivity contribution < 1.29 is 14.4 Å². The van der Waals surface area contributed by atoms with Crippen molar-refractivity contribution in [3.8, 4) is 0 Å². The van der Waals surface area contributed by atoms with Crippen LogP contribution in [0.25, 0.3) is 0 Å². The molecule has 0 aliphatic carbocycles. The Balaban J connectivity index is 1.53. The molecule has 1 aromatic rings. The third-order valence-electron chi connectivity index (χ3n) is 6.25. The van der Waals surface area contributed by atoms with E-state index < -0.39 is 5.25 Å². The molecule has 9 nitrogen and oxygen atoms in total. The van der Waals surface area contributed by atoms with Crippen molar-refractivity contribution in [2.24, 2.45) is 11.7 Å². The highest BCUT2D eigenvalue weighted by Gasteiger charge is 2.38. The van der Waals surface area contributed by atoms with E-state index in [1.807, 2.05) is 32.9 Å². The Kier molecular flexibility index (Phi) is 10.5. The topological polar surface area (TPSA) is 120 Å². The summed E-state index contributed by atoms with van der Waals surface area (Å²) in [6.45, 7) is 11.2. The molecule has 0 bridgehead atoms. The van der Waals surface area contributed by atoms with Gasteiger partial charge in [-0.2, -0.15) is 0 Å². The van der Waals surface area contributed by atoms with Crippen LogP contribution in [0.3, 0.4) is 0 Å². The minimum Gasteiger partial charge on any atom is -0.392 e. The normalized spacial score (nSPS) is 19.6. The molecule has 2 fully saturated rings. The minimum atomic E-state index is -0.417. The fraction of sp³-hybridized carbons (Fsp3) is 0.577. The third-order valence-corrected chi connectivity index (χ3v) is 7.57. The number of nitrogens with zero attached hydrogens (tertiary/aromatic N) is 2. The van der Waals surface area contributed by atoms with Gasteiger partial charge in [-0.05, 0) is 69.9 Å². The van der Waals surface area contributed by atoms with E-state index in [0.717, 1.165) is 31.7 Å². The first-order valence-corrected chi connectivity index (χ1v) is 13.8. The molecule has 10 heteroatoms. The molecule has 0 radical (unpaired) electrons. The van der Waals surface area contributed by atoms with E-state index in [9.17, 15) is 14.4 Å². The van der Waals surface area contributed by atoms with Crippen molar-refractivity contribution in [2.45, 2.75) is 45.3 Å². The number of carbonyl (C=O) groups excluding carboxylic acids is 3. The lowest BCUT2D eigenvalue weighted by Gasteiger charge is -2.17. The number of nitrogens with two attached hydrogens (primary N) is 1. The summed E-state index contributed by atoms with van der Waals surface area (Å²) in [6.07, 6.45) is 3.48. The number of nitrogens with one attached hydrogen (secondary N) is 3. The summed E-state index contributed by atoms with van der Waals surface area (Å²) < 4.78 is 0. The van der Waals surface area contributed by atoms with Crippen LogP contribution in [0.1, 0.15) is 50.4 Å². The van der Waals surface area contributed by atoms with Gasteiger partial charge in [-0.15, -0.1) is 0 Å². The molecule has 0 spiro atoms. The minimum absolute atomic E-state index is 0.0711. The van der Waals surface area contributed by atoms with Gasteiger partial charge < -0.3 is 31.5 Å². The number of amides is 3. The second-order valence-corrected chi connectivity index (χ2v) is 10.8. The van der Waals surface area contributed by atoms with Crippen LogP contribution in [0.4, 0.5) is 5.69 Å². The number of hydrogen-bond acceptors (Lipinski definition) is 7. The molecule has 0 aromatic heterocycles. The van der Waals surface area contributed by atoms with Crippen LogP contribution in [-0.4, -0.2) is 78.6 Å². The average Bonchev–Trinajstić information content (AvgIpc) is 3.50. The Bertz CT molecular complexity index is 961. The molecule has 5 N–H and O–H groups in total. The molecule has 2 aliphatic rings. The molecule has 36 heavy (non-hydrogen) atoms. The predicted octanol–water partition coefficient (Wildman–Crippen LogP) is 2.18. The SMILES string of the molecule is CCN1C(=O)[C@@H](CNc2cccc(C(=O)NCCCN3CCCC3)c2)S/C1=C(/N)C(=O)NCC(C)C. The van der Waals surface area contributed by atoms with Crippen molar-refractivity contribution >= 4 is 35.2 Å². The smallest absolute Gasteiger partial charge is 0.269 e. The molecule has 0 unspecified atom stereocenters. The van der Waals surface area contributed by atoms with Gasteiger partial charge in [0.1, 0.15) is 16.0 Å². The van der Waals surface area contributed by atoms with Gasteiger partial charge in [0, 0.05) is 37.4 Å². The Morgan fingerprint density at radius 1 is 1.19 bits per heavy atom. The fourth-order valence-electron chi connectivity index (χ4n) is 4.24. The number of hydrogen-bond donors (Lipinski definition) is 4. The highest BCUT2D eigenvalue weighted by atomic mass is 32.2. The molecule has 2 aliphatic heterocycles. The van der Waals surface area contributed by atoms with E-state index in [4.69, 9.17) is 5.73 Å². The summed E-state index contributed by atoms with van der Waals surface area (Å²) in [5.74, 6) is -0.243. The van der Waals surface area contributed by atoms with Crippen LogP contribution >= 0.6 is 11.8 Å². The van der Waals surface area contributed by atoms with Gasteiger partial charge in [0.15, 0.2) is 0 Å². The second kappa shape index (κ2) is 13.5. The molecule has 3 amide bonds. The average molecular weight is 517 g/mol. The molecule has 198 valence electrons. The Morgan fingerprint density at radius 3 is 2.64 bits per heavy atom. The van der Waals surface area contributed by atoms with E-state index in [2.05, 4.69) is 20.9 Å². The first-order valence-electron chi connectivity index (χ1n) is 12.9. The summed E-state index contributed by atoms with van der Waals surface area (Å²) in [5, 5.41) is 9.16. The zero-order valence-electron chi connectivity index (χ0n) is 21.6. The molecular formula is C26H40N6O3S. The number of rotatable bonds is 12. The van der Waals surface area contributed by atoms with E-state index in [0.29, 0.717) is 42.7 Å². The first-order chi connectivity index (χ1) is 17.3. The van der Waals surface area contributed by atoms with Gasteiger partial charge in [0.2, 0.25) is 5.91 Å². The number of benzene rings is 1. The molecule has 3 rings (SSSR count). The Labute approximate surface area is 218 Å². The van der Waals surface area contributed by atoms with Crippen molar-refractivity contribution in [3.05, 3.63) is 40.6 Å². The number of anilines is 1. The Morgan fingerprint density at radius 2 is 1.94 bits per heavy atom. The van der Waals surface area contributed by atoms with Crippen LogP contribution < -0.4 is 21.7 Å². The Hall–Kier alpha value is -2.72. The number of thioether (sulfide) groups is 1. The number of carbonyl (C=O) groups is 3. The largest absolute Gasteiger partial charge is 0.392 e. The van der Waals surface area contributed by atoms with Gasteiger partial charge in [-0.3, -0.25) is 14.4 Å². The van der Waals surface area contributed by atoms with Crippen LogP contribution in [0.2, 0.25) is 0 Å². The zero-order chi connectivity index (χ0) is 26.1. The molecule has 1 atom stereocenters. The summed E-state index contributed by atoms with van der Waals surface area (Å²) >= 11 is 1.30. The van der Waals surface area contributed by atoms with Gasteiger partial charge >= 0.3 is 0 Å². The maximum absolute atomic E-state index is 13.0. The summed E-state index contributed by atoms with van der Waals surface area (Å²) in [7, 11) is 0. The monoisotopic (exact) mass is 516 g/mol. The standard InChI is InChI=1S/C26H40N6O3S/c1-4-32-25(35)21(36-26(32)22(27)24(34)30-16-18(2)3)17-29-20-10-7-9-19(15-20)23(33)28-11-8-14-31-12-5-6-13-31/h7,9-10,15,18,21,29H,4-6,8,11-14,16-17,27H2,1-3H3,(H,28,33)(H,30,34)/b26-22+/t21-/m1/s1. The first kappa shape index (κ1) is 27.9. The van der Waals surface area contributed by atoms with E-state index >= 15 is 0 Å². The van der Waals surface area contributed by atoms with Gasteiger partial charge in [-0.25, -0.2) is 0 Å². The van der Waals surface area contributed by atoms with Crippen molar-refractivity contribution in [1.82, 2.24) is 20.4 Å². The van der Waals surface area contributed by atoms with Crippen LogP contribution in [0.5, 0.6) is 0 Å².